The molecule has 0 radical (unpaired) electrons. The topological polar surface area (TPSA) is 102 Å². The van der Waals surface area contributed by atoms with Gasteiger partial charge >= 0.3 is 6.09 Å². The zero-order valence-electron chi connectivity index (χ0n) is 19.4. The predicted molar refractivity (Wildman–Crippen MR) is 127 cm³/mol. The molecule has 1 N–H and O–H groups in total. The Balaban J connectivity index is 1.11. The summed E-state index contributed by atoms with van der Waals surface area (Å²) in [6, 6.07) is 13.3. The Morgan fingerprint density at radius 3 is 2.68 bits per heavy atom. The number of ether oxygens (including phenoxy) is 2. The van der Waals surface area contributed by atoms with E-state index in [1.165, 1.54) is 5.56 Å². The zero-order valence-corrected chi connectivity index (χ0v) is 19.4. The highest BCUT2D eigenvalue weighted by Gasteiger charge is 2.48. The fourth-order valence-electron chi connectivity index (χ4n) is 4.65. The van der Waals surface area contributed by atoms with Gasteiger partial charge in [0, 0.05) is 18.8 Å². The SMILES string of the molecule is Cc1ccc(Oc2ccc(NCC3CCC4(CC3)CN(c3cccnn3)C(=O)O4)nn2)c(C)c1. The molecule has 0 unspecified atom stereocenters. The van der Waals surface area contributed by atoms with Gasteiger partial charge in [0.05, 0.1) is 6.54 Å². The molecule has 9 nitrogen and oxygen atoms in total. The van der Waals surface area contributed by atoms with Gasteiger partial charge in [0.15, 0.2) is 5.82 Å². The largest absolute Gasteiger partial charge is 0.441 e. The van der Waals surface area contributed by atoms with Crippen LogP contribution in [0.15, 0.2) is 48.7 Å². The standard InChI is InChI=1S/C25H28N6O3/c1-17-5-6-20(18(2)14-17)33-23-8-7-21(28-30-23)26-15-19-9-11-25(12-10-19)16-31(24(32)34-25)22-4-3-13-27-29-22/h3-8,13-14,19H,9-12,15-16H2,1-2H3,(H,26,28). The van der Waals surface area contributed by atoms with Crippen molar-refractivity contribution in [1.29, 1.82) is 0 Å². The van der Waals surface area contributed by atoms with Gasteiger partial charge in [0.1, 0.15) is 17.2 Å². The second kappa shape index (κ2) is 9.24. The molecule has 1 saturated heterocycles. The Hall–Kier alpha value is -3.75. The van der Waals surface area contributed by atoms with Crippen molar-refractivity contribution in [3.05, 3.63) is 59.8 Å². The summed E-state index contributed by atoms with van der Waals surface area (Å²) in [5.74, 6) is 2.98. The molecule has 2 fully saturated rings. The highest BCUT2D eigenvalue weighted by molar-refractivity contribution is 5.89. The number of aryl methyl sites for hydroxylation is 2. The molecule has 1 amide bonds. The van der Waals surface area contributed by atoms with E-state index in [1.807, 2.05) is 31.2 Å². The molecule has 176 valence electrons. The lowest BCUT2D eigenvalue weighted by Gasteiger charge is -2.35. The van der Waals surface area contributed by atoms with Crippen molar-refractivity contribution in [2.24, 2.45) is 5.92 Å². The Bertz CT molecular complexity index is 1150. The second-order valence-corrected chi connectivity index (χ2v) is 9.17. The molecular weight excluding hydrogens is 432 g/mol. The van der Waals surface area contributed by atoms with Crippen LogP contribution < -0.4 is 15.0 Å². The van der Waals surface area contributed by atoms with Gasteiger partial charge in [-0.15, -0.1) is 15.3 Å². The Labute approximate surface area is 198 Å². The summed E-state index contributed by atoms with van der Waals surface area (Å²) in [6.45, 7) is 5.39. The Kier molecular flexibility index (Phi) is 6.00. The molecule has 2 aliphatic rings. The average Bonchev–Trinajstić information content (AvgIpc) is 3.17. The van der Waals surface area contributed by atoms with E-state index in [0.717, 1.165) is 49.4 Å². The summed E-state index contributed by atoms with van der Waals surface area (Å²) in [5, 5.41) is 19.7. The minimum atomic E-state index is -0.433. The van der Waals surface area contributed by atoms with Crippen LogP contribution in [0.2, 0.25) is 0 Å². The van der Waals surface area contributed by atoms with Crippen molar-refractivity contribution >= 4 is 17.7 Å². The van der Waals surface area contributed by atoms with Crippen LogP contribution in [0.4, 0.5) is 16.4 Å². The Morgan fingerprint density at radius 1 is 1.12 bits per heavy atom. The van der Waals surface area contributed by atoms with Crippen molar-refractivity contribution in [2.45, 2.75) is 45.1 Å². The first-order chi connectivity index (χ1) is 16.5. The van der Waals surface area contributed by atoms with Gasteiger partial charge in [-0.25, -0.2) is 4.79 Å². The summed E-state index contributed by atoms with van der Waals surface area (Å²) in [6.07, 6.45) is 4.85. The van der Waals surface area contributed by atoms with Crippen molar-refractivity contribution in [3.63, 3.8) is 0 Å². The molecule has 9 heteroatoms. The van der Waals surface area contributed by atoms with E-state index in [9.17, 15) is 4.79 Å². The number of carbonyl (C=O) groups is 1. The molecule has 1 aliphatic carbocycles. The minimum absolute atomic E-state index is 0.338. The number of nitrogens with zero attached hydrogens (tertiary/aromatic N) is 5. The second-order valence-electron chi connectivity index (χ2n) is 9.17. The van der Waals surface area contributed by atoms with E-state index in [0.29, 0.717) is 24.2 Å². The van der Waals surface area contributed by atoms with Gasteiger partial charge in [0.25, 0.3) is 0 Å². The van der Waals surface area contributed by atoms with E-state index >= 15 is 0 Å². The summed E-state index contributed by atoms with van der Waals surface area (Å²) in [4.78, 5) is 14.0. The maximum Gasteiger partial charge on any atom is 0.416 e. The summed E-state index contributed by atoms with van der Waals surface area (Å²) in [5.41, 5.74) is 1.82. The highest BCUT2D eigenvalue weighted by atomic mass is 16.6. The first-order valence-corrected chi connectivity index (χ1v) is 11.6. The van der Waals surface area contributed by atoms with Gasteiger partial charge in [-0.1, -0.05) is 17.7 Å². The van der Waals surface area contributed by atoms with Crippen molar-refractivity contribution < 1.29 is 14.3 Å². The fraction of sp³-hybridized carbons (Fsp3) is 0.400. The predicted octanol–water partition coefficient (Wildman–Crippen LogP) is 4.67. The first kappa shape index (κ1) is 22.1. The number of rotatable bonds is 6. The van der Waals surface area contributed by atoms with Crippen LogP contribution in [0.5, 0.6) is 11.6 Å². The van der Waals surface area contributed by atoms with Crippen LogP contribution in [0.3, 0.4) is 0 Å². The van der Waals surface area contributed by atoms with E-state index in [-0.39, 0.29) is 6.09 Å². The van der Waals surface area contributed by atoms with Gasteiger partial charge in [-0.2, -0.15) is 5.10 Å². The number of hydrogen-bond acceptors (Lipinski definition) is 8. The maximum atomic E-state index is 12.4. The van der Waals surface area contributed by atoms with Crippen LogP contribution in [-0.4, -0.2) is 45.2 Å². The average molecular weight is 461 g/mol. The molecule has 5 rings (SSSR count). The molecular formula is C25H28N6O3. The molecule has 0 bridgehead atoms. The van der Waals surface area contributed by atoms with Crippen LogP contribution in [0, 0.1) is 19.8 Å². The number of nitrogens with one attached hydrogen (secondary N) is 1. The fourth-order valence-corrected chi connectivity index (χ4v) is 4.65. The molecule has 1 saturated carbocycles. The molecule has 1 aliphatic heterocycles. The van der Waals surface area contributed by atoms with Crippen molar-refractivity contribution in [2.75, 3.05) is 23.3 Å². The van der Waals surface area contributed by atoms with Crippen LogP contribution >= 0.6 is 0 Å². The third kappa shape index (κ3) is 4.78. The summed E-state index contributed by atoms with van der Waals surface area (Å²) in [7, 11) is 0. The highest BCUT2D eigenvalue weighted by Crippen LogP contribution is 2.40. The number of hydrogen-bond donors (Lipinski definition) is 1. The number of carbonyl (C=O) groups excluding carboxylic acids is 1. The van der Waals surface area contributed by atoms with E-state index in [2.05, 4.69) is 38.7 Å². The lowest BCUT2D eigenvalue weighted by molar-refractivity contribution is 0.0148. The molecule has 3 heterocycles. The smallest absolute Gasteiger partial charge is 0.416 e. The summed E-state index contributed by atoms with van der Waals surface area (Å²) < 4.78 is 11.7. The molecule has 1 spiro atoms. The molecule has 2 aromatic heterocycles. The van der Waals surface area contributed by atoms with E-state index in [4.69, 9.17) is 9.47 Å². The molecule has 1 aromatic carbocycles. The van der Waals surface area contributed by atoms with Crippen LogP contribution in [0.1, 0.15) is 36.8 Å². The first-order valence-electron chi connectivity index (χ1n) is 11.6. The maximum absolute atomic E-state index is 12.4. The zero-order chi connectivity index (χ0) is 23.5. The number of aromatic nitrogens is 4. The van der Waals surface area contributed by atoms with Crippen molar-refractivity contribution in [1.82, 2.24) is 20.4 Å². The molecule has 3 aromatic rings. The number of anilines is 2. The minimum Gasteiger partial charge on any atom is -0.441 e. The Morgan fingerprint density at radius 2 is 1.97 bits per heavy atom. The number of amides is 1. The third-order valence-electron chi connectivity index (χ3n) is 6.58. The van der Waals surface area contributed by atoms with Gasteiger partial charge in [0.2, 0.25) is 5.88 Å². The van der Waals surface area contributed by atoms with Crippen LogP contribution in [0.25, 0.3) is 0 Å². The molecule has 0 atom stereocenters. The lowest BCUT2D eigenvalue weighted by atomic mass is 9.78. The summed E-state index contributed by atoms with van der Waals surface area (Å²) >= 11 is 0. The quantitative estimate of drug-likeness (QED) is 0.566. The third-order valence-corrected chi connectivity index (χ3v) is 6.58. The monoisotopic (exact) mass is 460 g/mol. The molecule has 34 heavy (non-hydrogen) atoms. The van der Waals surface area contributed by atoms with E-state index < -0.39 is 5.60 Å². The van der Waals surface area contributed by atoms with Crippen LogP contribution in [-0.2, 0) is 4.74 Å². The van der Waals surface area contributed by atoms with Gasteiger partial charge in [-0.3, -0.25) is 4.90 Å². The van der Waals surface area contributed by atoms with E-state index in [1.54, 1.807) is 23.2 Å². The van der Waals surface area contributed by atoms with Crippen molar-refractivity contribution in [3.8, 4) is 11.6 Å². The van der Waals surface area contributed by atoms with Gasteiger partial charge in [-0.05, 0) is 75.3 Å². The number of benzene rings is 1. The normalized spacial score (nSPS) is 22.0. The lowest BCUT2D eigenvalue weighted by Crippen LogP contribution is -2.39. The van der Waals surface area contributed by atoms with Gasteiger partial charge < -0.3 is 14.8 Å².